The van der Waals surface area contributed by atoms with Gasteiger partial charge in [0.05, 0.1) is 23.6 Å². The summed E-state index contributed by atoms with van der Waals surface area (Å²) in [6.07, 6.45) is 6.72. The first-order valence-corrected chi connectivity index (χ1v) is 10.8. The Labute approximate surface area is 185 Å². The van der Waals surface area contributed by atoms with Gasteiger partial charge >= 0.3 is 5.97 Å². The quantitative estimate of drug-likeness (QED) is 0.546. The number of nitriles is 1. The van der Waals surface area contributed by atoms with E-state index in [4.69, 9.17) is 11.0 Å². The van der Waals surface area contributed by atoms with Crippen molar-refractivity contribution in [3.63, 3.8) is 0 Å². The molecule has 164 valence electrons. The van der Waals surface area contributed by atoms with Crippen LogP contribution in [0.25, 0.3) is 16.9 Å². The number of hydrogen-bond acceptors (Lipinski definition) is 5. The molecule has 1 unspecified atom stereocenters. The summed E-state index contributed by atoms with van der Waals surface area (Å²) < 4.78 is 1.65. The van der Waals surface area contributed by atoms with E-state index >= 15 is 0 Å². The maximum absolute atomic E-state index is 13.2. The molecule has 8 nitrogen and oxygen atoms in total. The van der Waals surface area contributed by atoms with Gasteiger partial charge in [-0.25, -0.2) is 4.98 Å². The molecule has 1 saturated carbocycles. The van der Waals surface area contributed by atoms with Crippen LogP contribution >= 0.6 is 0 Å². The van der Waals surface area contributed by atoms with E-state index in [1.165, 1.54) is 0 Å². The molecule has 1 aliphatic carbocycles. The highest BCUT2D eigenvalue weighted by Gasteiger charge is 2.28. The second-order valence-electron chi connectivity index (χ2n) is 8.23. The fraction of sp³-hybridized carbons (Fsp3) is 0.333. The highest BCUT2D eigenvalue weighted by atomic mass is 16.4. The number of hydrogen-bond donors (Lipinski definition) is 3. The summed E-state index contributed by atoms with van der Waals surface area (Å²) in [4.78, 5) is 29.2. The average molecular weight is 431 g/mol. The third kappa shape index (κ3) is 4.28. The first kappa shape index (κ1) is 21.4. The van der Waals surface area contributed by atoms with Crippen molar-refractivity contribution in [2.45, 2.75) is 44.6 Å². The number of nitrogens with one attached hydrogen (secondary N) is 1. The zero-order chi connectivity index (χ0) is 22.7. The number of aliphatic carboxylic acids is 1. The lowest BCUT2D eigenvalue weighted by atomic mass is 9.82. The van der Waals surface area contributed by atoms with Crippen LogP contribution in [0.3, 0.4) is 0 Å². The van der Waals surface area contributed by atoms with Gasteiger partial charge in [-0.1, -0.05) is 31.4 Å². The Morgan fingerprint density at radius 2 is 1.94 bits per heavy atom. The van der Waals surface area contributed by atoms with E-state index in [9.17, 15) is 14.7 Å². The molecule has 1 atom stereocenters. The summed E-state index contributed by atoms with van der Waals surface area (Å²) in [5, 5.41) is 21.3. The van der Waals surface area contributed by atoms with Gasteiger partial charge in [0.2, 0.25) is 0 Å². The molecular formula is C24H25N5O3. The zero-order valence-corrected chi connectivity index (χ0v) is 17.6. The molecule has 2 aromatic heterocycles. The number of aromatic nitrogens is 2. The van der Waals surface area contributed by atoms with Crippen molar-refractivity contribution in [1.82, 2.24) is 14.7 Å². The minimum Gasteiger partial charge on any atom is -0.481 e. The first-order chi connectivity index (χ1) is 15.5. The van der Waals surface area contributed by atoms with Crippen LogP contribution in [0.1, 0.15) is 54.4 Å². The number of carboxylic acid groups (broad SMARTS) is 1. The van der Waals surface area contributed by atoms with Crippen molar-refractivity contribution in [2.75, 3.05) is 5.73 Å². The van der Waals surface area contributed by atoms with E-state index < -0.39 is 12.0 Å². The van der Waals surface area contributed by atoms with Gasteiger partial charge in [-0.05, 0) is 43.0 Å². The number of benzene rings is 1. The number of rotatable bonds is 6. The van der Waals surface area contributed by atoms with Crippen molar-refractivity contribution in [1.29, 1.82) is 5.26 Å². The molecule has 2 heterocycles. The van der Waals surface area contributed by atoms with Gasteiger partial charge in [0, 0.05) is 17.8 Å². The minimum absolute atomic E-state index is 0.105. The summed E-state index contributed by atoms with van der Waals surface area (Å²) in [7, 11) is 0. The maximum atomic E-state index is 13.2. The molecule has 4 rings (SSSR count). The number of nitrogen functional groups attached to an aromatic ring is 1. The molecule has 1 fully saturated rings. The molecule has 1 amide bonds. The number of fused-ring (bicyclic) bond motifs is 1. The van der Waals surface area contributed by atoms with Crippen molar-refractivity contribution in [2.24, 2.45) is 5.92 Å². The first-order valence-electron chi connectivity index (χ1n) is 10.8. The Hall–Kier alpha value is -3.86. The highest BCUT2D eigenvalue weighted by molar-refractivity contribution is 6.01. The molecular weight excluding hydrogens is 406 g/mol. The lowest BCUT2D eigenvalue weighted by molar-refractivity contribution is -0.137. The Bertz CT molecular complexity index is 1190. The van der Waals surface area contributed by atoms with Crippen LogP contribution < -0.4 is 11.1 Å². The number of amides is 1. The normalized spacial score (nSPS) is 15.2. The average Bonchev–Trinajstić information content (AvgIpc) is 3.15. The smallest absolute Gasteiger partial charge is 0.305 e. The molecule has 1 aliphatic rings. The van der Waals surface area contributed by atoms with Crippen molar-refractivity contribution < 1.29 is 14.7 Å². The Morgan fingerprint density at radius 1 is 1.22 bits per heavy atom. The van der Waals surface area contributed by atoms with Crippen LogP contribution in [0.5, 0.6) is 0 Å². The second-order valence-corrected chi connectivity index (χ2v) is 8.23. The van der Waals surface area contributed by atoms with Crippen LogP contribution in [0, 0.1) is 17.2 Å². The second kappa shape index (κ2) is 9.10. The predicted molar refractivity (Wildman–Crippen MR) is 120 cm³/mol. The summed E-state index contributed by atoms with van der Waals surface area (Å²) in [6, 6.07) is 11.9. The molecule has 0 aliphatic heterocycles. The fourth-order valence-electron chi connectivity index (χ4n) is 4.48. The summed E-state index contributed by atoms with van der Waals surface area (Å²) >= 11 is 0. The third-order valence-electron chi connectivity index (χ3n) is 6.15. The van der Waals surface area contributed by atoms with E-state index in [0.717, 1.165) is 37.7 Å². The van der Waals surface area contributed by atoms with Crippen molar-refractivity contribution in [3.05, 3.63) is 53.7 Å². The number of anilines is 1. The minimum atomic E-state index is -0.924. The van der Waals surface area contributed by atoms with Gasteiger partial charge in [-0.2, -0.15) is 5.26 Å². The number of pyridine rings is 1. The largest absolute Gasteiger partial charge is 0.481 e. The number of imidazole rings is 1. The Morgan fingerprint density at radius 3 is 2.59 bits per heavy atom. The molecule has 0 spiro atoms. The predicted octanol–water partition coefficient (Wildman–Crippen LogP) is 3.61. The number of carbonyl (C=O) groups is 2. The lowest BCUT2D eigenvalue weighted by Crippen LogP contribution is -2.42. The van der Waals surface area contributed by atoms with Crippen LogP contribution in [0.15, 0.2) is 42.6 Å². The van der Waals surface area contributed by atoms with Crippen LogP contribution in [-0.4, -0.2) is 32.4 Å². The molecule has 0 saturated heterocycles. The molecule has 32 heavy (non-hydrogen) atoms. The molecule has 4 N–H and O–H groups in total. The number of carboxylic acids is 1. The summed E-state index contributed by atoms with van der Waals surface area (Å²) in [5.41, 5.74) is 8.85. The van der Waals surface area contributed by atoms with Gasteiger partial charge in [0.15, 0.2) is 5.65 Å². The molecule has 3 aromatic rings. The SMILES string of the molecule is N#Cc1ccc(-c2nc3c(C(=O)NC(CC(=O)O)C4CCCCC4)cccn3c2N)cc1. The number of nitrogens with two attached hydrogens (primary N) is 1. The number of nitrogens with zero attached hydrogens (tertiary/aromatic N) is 3. The van der Waals surface area contributed by atoms with Crippen LogP contribution in [0.2, 0.25) is 0 Å². The van der Waals surface area contributed by atoms with E-state index in [-0.39, 0.29) is 18.2 Å². The van der Waals surface area contributed by atoms with Gasteiger partial charge in [0.25, 0.3) is 5.91 Å². The monoisotopic (exact) mass is 431 g/mol. The number of carbonyl (C=O) groups excluding carboxylic acids is 1. The fourth-order valence-corrected chi connectivity index (χ4v) is 4.48. The Balaban J connectivity index is 1.66. The lowest BCUT2D eigenvalue weighted by Gasteiger charge is -2.30. The summed E-state index contributed by atoms with van der Waals surface area (Å²) in [6.45, 7) is 0. The topological polar surface area (TPSA) is 134 Å². The molecule has 0 radical (unpaired) electrons. The third-order valence-corrected chi connectivity index (χ3v) is 6.15. The van der Waals surface area contributed by atoms with E-state index in [2.05, 4.69) is 16.4 Å². The van der Waals surface area contributed by atoms with E-state index in [0.29, 0.717) is 28.3 Å². The Kier molecular flexibility index (Phi) is 6.08. The maximum Gasteiger partial charge on any atom is 0.305 e. The van der Waals surface area contributed by atoms with Crippen LogP contribution in [-0.2, 0) is 4.79 Å². The zero-order valence-electron chi connectivity index (χ0n) is 17.6. The van der Waals surface area contributed by atoms with Gasteiger partial charge in [-0.3, -0.25) is 14.0 Å². The van der Waals surface area contributed by atoms with Crippen molar-refractivity contribution in [3.8, 4) is 17.3 Å². The standard InChI is InChI=1S/C24H25N5O3/c25-14-15-8-10-17(11-9-15)21-22(26)29-12-4-7-18(23(29)28-21)24(32)27-19(13-20(30)31)16-5-2-1-3-6-16/h4,7-12,16,19H,1-3,5-6,13,26H2,(H,27,32)(H,30,31). The van der Waals surface area contributed by atoms with Crippen molar-refractivity contribution >= 4 is 23.3 Å². The van der Waals surface area contributed by atoms with E-state index in [1.54, 1.807) is 47.0 Å². The molecule has 8 heteroatoms. The van der Waals surface area contributed by atoms with Crippen LogP contribution in [0.4, 0.5) is 5.82 Å². The molecule has 0 bridgehead atoms. The van der Waals surface area contributed by atoms with Gasteiger partial charge < -0.3 is 16.2 Å². The molecule has 1 aromatic carbocycles. The summed E-state index contributed by atoms with van der Waals surface area (Å²) in [5.74, 6) is -0.743. The van der Waals surface area contributed by atoms with Gasteiger partial charge in [0.1, 0.15) is 11.5 Å². The van der Waals surface area contributed by atoms with E-state index in [1.807, 2.05) is 0 Å². The highest BCUT2D eigenvalue weighted by Crippen LogP contribution is 2.30. The van der Waals surface area contributed by atoms with Gasteiger partial charge in [-0.15, -0.1) is 0 Å².